The molecule has 19 heavy (non-hydrogen) atoms. The summed E-state index contributed by atoms with van der Waals surface area (Å²) in [4.78, 5) is 0. The number of hydrogen-bond acceptors (Lipinski definition) is 4. The molecule has 1 aromatic rings. The van der Waals surface area contributed by atoms with Crippen molar-refractivity contribution in [2.45, 2.75) is 32.4 Å². The molecule has 2 unspecified atom stereocenters. The third-order valence-corrected chi connectivity index (χ3v) is 3.20. The quantitative estimate of drug-likeness (QED) is 0.786. The van der Waals surface area contributed by atoms with Gasteiger partial charge in [0.05, 0.1) is 26.4 Å². The Morgan fingerprint density at radius 3 is 2.00 bits per heavy atom. The Kier molecular flexibility index (Phi) is 6.67. The number of ether oxygens (including phenoxy) is 3. The standard InChI is InChI=1S/C15H25NO3/c1-6-14(19-7-2)15(16-3)11-8-12(17-4)10-13(9-11)18-5/h8-10,14-16H,6-7H2,1-5H3. The molecule has 4 nitrogen and oxygen atoms in total. The molecule has 1 rings (SSSR count). The molecule has 0 bridgehead atoms. The smallest absolute Gasteiger partial charge is 0.122 e. The second kappa shape index (κ2) is 8.02. The lowest BCUT2D eigenvalue weighted by Crippen LogP contribution is -2.31. The van der Waals surface area contributed by atoms with Gasteiger partial charge >= 0.3 is 0 Å². The van der Waals surface area contributed by atoms with E-state index in [2.05, 4.69) is 12.2 Å². The van der Waals surface area contributed by atoms with Crippen LogP contribution in [0, 0.1) is 0 Å². The topological polar surface area (TPSA) is 39.7 Å². The highest BCUT2D eigenvalue weighted by Crippen LogP contribution is 2.29. The van der Waals surface area contributed by atoms with Gasteiger partial charge in [-0.25, -0.2) is 0 Å². The maximum atomic E-state index is 5.80. The van der Waals surface area contributed by atoms with Gasteiger partial charge in [-0.05, 0) is 38.1 Å². The Hall–Kier alpha value is -1.26. The van der Waals surface area contributed by atoms with E-state index in [1.54, 1.807) is 14.2 Å². The van der Waals surface area contributed by atoms with E-state index in [1.807, 2.05) is 32.2 Å². The van der Waals surface area contributed by atoms with E-state index in [0.717, 1.165) is 23.5 Å². The van der Waals surface area contributed by atoms with Crippen LogP contribution in [0.4, 0.5) is 0 Å². The van der Waals surface area contributed by atoms with Crippen molar-refractivity contribution in [1.29, 1.82) is 0 Å². The summed E-state index contributed by atoms with van der Waals surface area (Å²) in [5, 5.41) is 3.32. The highest BCUT2D eigenvalue weighted by atomic mass is 16.5. The van der Waals surface area contributed by atoms with Crippen LogP contribution < -0.4 is 14.8 Å². The second-order valence-corrected chi connectivity index (χ2v) is 4.31. The molecule has 108 valence electrons. The lowest BCUT2D eigenvalue weighted by Gasteiger charge is -2.26. The Bertz CT molecular complexity index is 359. The number of benzene rings is 1. The lowest BCUT2D eigenvalue weighted by molar-refractivity contribution is 0.0333. The molecule has 0 fully saturated rings. The fourth-order valence-corrected chi connectivity index (χ4v) is 2.24. The van der Waals surface area contributed by atoms with Crippen LogP contribution in [0.1, 0.15) is 31.9 Å². The molecule has 1 N–H and O–H groups in total. The van der Waals surface area contributed by atoms with Crippen LogP contribution in [0.25, 0.3) is 0 Å². The summed E-state index contributed by atoms with van der Waals surface area (Å²) in [6.07, 6.45) is 1.07. The van der Waals surface area contributed by atoms with Crippen molar-refractivity contribution in [2.24, 2.45) is 0 Å². The Balaban J connectivity index is 3.08. The average molecular weight is 267 g/mol. The minimum atomic E-state index is 0.119. The zero-order valence-corrected chi connectivity index (χ0v) is 12.5. The van der Waals surface area contributed by atoms with Crippen LogP contribution in [0.5, 0.6) is 11.5 Å². The number of rotatable bonds is 8. The van der Waals surface area contributed by atoms with Crippen molar-refractivity contribution in [3.63, 3.8) is 0 Å². The van der Waals surface area contributed by atoms with Gasteiger partial charge in [0.15, 0.2) is 0 Å². The van der Waals surface area contributed by atoms with Crippen LogP contribution >= 0.6 is 0 Å². The molecular formula is C15H25NO3. The molecule has 2 atom stereocenters. The number of likely N-dealkylation sites (N-methyl/N-ethyl adjacent to an activating group) is 1. The van der Waals surface area contributed by atoms with Crippen molar-refractivity contribution < 1.29 is 14.2 Å². The SMILES string of the molecule is CCOC(CC)C(NC)c1cc(OC)cc(OC)c1. The molecule has 0 spiro atoms. The van der Waals surface area contributed by atoms with Crippen molar-refractivity contribution in [3.8, 4) is 11.5 Å². The van der Waals surface area contributed by atoms with Gasteiger partial charge in [-0.3, -0.25) is 0 Å². The van der Waals surface area contributed by atoms with Crippen molar-refractivity contribution >= 4 is 0 Å². The zero-order chi connectivity index (χ0) is 14.3. The highest BCUT2D eigenvalue weighted by molar-refractivity contribution is 5.40. The van der Waals surface area contributed by atoms with Crippen molar-refractivity contribution in [3.05, 3.63) is 23.8 Å². The molecule has 0 heterocycles. The summed E-state index contributed by atoms with van der Waals surface area (Å²) in [6, 6.07) is 6.03. The van der Waals surface area contributed by atoms with Gasteiger partial charge in [-0.15, -0.1) is 0 Å². The summed E-state index contributed by atoms with van der Waals surface area (Å²) in [6.45, 7) is 4.85. The predicted molar refractivity (Wildman–Crippen MR) is 77.1 cm³/mol. The molecule has 4 heteroatoms. The van der Waals surface area contributed by atoms with Crippen LogP contribution in [0.2, 0.25) is 0 Å². The monoisotopic (exact) mass is 267 g/mol. The first-order valence-electron chi connectivity index (χ1n) is 6.71. The molecule has 0 saturated heterocycles. The van der Waals surface area contributed by atoms with Gasteiger partial charge < -0.3 is 19.5 Å². The van der Waals surface area contributed by atoms with Gasteiger partial charge in [0.25, 0.3) is 0 Å². The molecule has 0 aliphatic carbocycles. The first kappa shape index (κ1) is 15.8. The predicted octanol–water partition coefficient (Wildman–Crippen LogP) is 2.78. The Labute approximate surface area is 116 Å². The van der Waals surface area contributed by atoms with Gasteiger partial charge in [0, 0.05) is 12.7 Å². The zero-order valence-electron chi connectivity index (χ0n) is 12.5. The van der Waals surface area contributed by atoms with Gasteiger partial charge in [0.1, 0.15) is 11.5 Å². The summed E-state index contributed by atoms with van der Waals surface area (Å²) >= 11 is 0. The molecule has 0 aliphatic rings. The third-order valence-electron chi connectivity index (χ3n) is 3.20. The maximum Gasteiger partial charge on any atom is 0.122 e. The number of nitrogens with one attached hydrogen (secondary N) is 1. The fourth-order valence-electron chi connectivity index (χ4n) is 2.24. The first-order chi connectivity index (χ1) is 9.19. The van der Waals surface area contributed by atoms with E-state index < -0.39 is 0 Å². The summed E-state index contributed by atoms with van der Waals surface area (Å²) in [7, 11) is 5.26. The van der Waals surface area contributed by atoms with Crippen LogP contribution in [0.15, 0.2) is 18.2 Å². The lowest BCUT2D eigenvalue weighted by atomic mass is 9.99. The summed E-state index contributed by atoms with van der Waals surface area (Å²) in [5.41, 5.74) is 1.11. The number of methoxy groups -OCH3 is 2. The van der Waals surface area contributed by atoms with E-state index in [1.165, 1.54) is 0 Å². The van der Waals surface area contributed by atoms with Crippen molar-refractivity contribution in [1.82, 2.24) is 5.32 Å². The molecule has 0 saturated carbocycles. The molecular weight excluding hydrogens is 242 g/mol. The molecule has 0 aromatic heterocycles. The number of hydrogen-bond donors (Lipinski definition) is 1. The summed E-state index contributed by atoms with van der Waals surface area (Å²) in [5.74, 6) is 1.59. The summed E-state index contributed by atoms with van der Waals surface area (Å²) < 4.78 is 16.4. The Morgan fingerprint density at radius 2 is 1.63 bits per heavy atom. The third kappa shape index (κ3) is 4.11. The van der Waals surface area contributed by atoms with Crippen LogP contribution in [0.3, 0.4) is 0 Å². The molecule has 1 aromatic carbocycles. The molecule has 0 aliphatic heterocycles. The van der Waals surface area contributed by atoms with E-state index in [9.17, 15) is 0 Å². The largest absolute Gasteiger partial charge is 0.497 e. The van der Waals surface area contributed by atoms with E-state index >= 15 is 0 Å². The fraction of sp³-hybridized carbons (Fsp3) is 0.600. The van der Waals surface area contributed by atoms with Gasteiger partial charge in [-0.1, -0.05) is 6.92 Å². The van der Waals surface area contributed by atoms with Gasteiger partial charge in [0.2, 0.25) is 0 Å². The normalized spacial score (nSPS) is 13.9. The maximum absolute atomic E-state index is 5.80. The van der Waals surface area contributed by atoms with E-state index in [-0.39, 0.29) is 12.1 Å². The van der Waals surface area contributed by atoms with E-state index in [0.29, 0.717) is 6.61 Å². The molecule has 0 radical (unpaired) electrons. The average Bonchev–Trinajstić information content (AvgIpc) is 2.46. The van der Waals surface area contributed by atoms with Crippen LogP contribution in [-0.2, 0) is 4.74 Å². The molecule has 0 amide bonds. The van der Waals surface area contributed by atoms with Crippen LogP contribution in [-0.4, -0.2) is 34.0 Å². The van der Waals surface area contributed by atoms with E-state index in [4.69, 9.17) is 14.2 Å². The van der Waals surface area contributed by atoms with Crippen molar-refractivity contribution in [2.75, 3.05) is 27.9 Å². The van der Waals surface area contributed by atoms with Gasteiger partial charge in [-0.2, -0.15) is 0 Å². The minimum absolute atomic E-state index is 0.119. The second-order valence-electron chi connectivity index (χ2n) is 4.31. The first-order valence-corrected chi connectivity index (χ1v) is 6.71. The Morgan fingerprint density at radius 1 is 1.05 bits per heavy atom. The minimum Gasteiger partial charge on any atom is -0.497 e. The highest BCUT2D eigenvalue weighted by Gasteiger charge is 2.21.